The summed E-state index contributed by atoms with van der Waals surface area (Å²) in [7, 11) is 0. The molecule has 1 fully saturated rings. The first-order valence-corrected chi connectivity index (χ1v) is 9.70. The van der Waals surface area contributed by atoms with Crippen molar-refractivity contribution in [1.82, 2.24) is 5.32 Å². The highest BCUT2D eigenvalue weighted by Gasteiger charge is 2.37. The Hall–Kier alpha value is -3.06. The molecule has 2 aromatic carbocycles. The van der Waals surface area contributed by atoms with Gasteiger partial charge in [0.25, 0.3) is 11.8 Å². The van der Waals surface area contributed by atoms with E-state index in [1.807, 2.05) is 0 Å². The lowest BCUT2D eigenvalue weighted by Crippen LogP contribution is -2.54. The van der Waals surface area contributed by atoms with Crippen molar-refractivity contribution in [3.63, 3.8) is 0 Å². The van der Waals surface area contributed by atoms with Crippen molar-refractivity contribution in [2.24, 2.45) is 0 Å². The Bertz CT molecular complexity index is 1220. The quantitative estimate of drug-likeness (QED) is 0.408. The molecule has 0 aliphatic carbocycles. The summed E-state index contributed by atoms with van der Waals surface area (Å²) in [5.41, 5.74) is 0.569. The van der Waals surface area contributed by atoms with E-state index in [9.17, 15) is 14.4 Å². The second-order valence-corrected chi connectivity index (χ2v) is 7.46. The maximum Gasteiger partial charge on any atom is 0.335 e. The molecule has 0 saturated carbocycles. The lowest BCUT2D eigenvalue weighted by Gasteiger charge is -2.26. The van der Waals surface area contributed by atoms with Crippen LogP contribution in [0.25, 0.3) is 17.4 Å². The number of hydrogen-bond donors (Lipinski definition) is 1. The van der Waals surface area contributed by atoms with Gasteiger partial charge in [0.2, 0.25) is 0 Å². The molecule has 0 spiro atoms. The highest BCUT2D eigenvalue weighted by atomic mass is 35.5. The average Bonchev–Trinajstić information content (AvgIpc) is 3.17. The third kappa shape index (κ3) is 3.73. The third-order valence-corrected chi connectivity index (χ3v) is 5.39. The number of amides is 4. The summed E-state index contributed by atoms with van der Waals surface area (Å²) >= 11 is 18.1. The van der Waals surface area contributed by atoms with Gasteiger partial charge in [-0.25, -0.2) is 9.69 Å². The molecule has 0 unspecified atom stereocenters. The topological polar surface area (TPSA) is 79.6 Å². The highest BCUT2D eigenvalue weighted by Crippen LogP contribution is 2.35. The van der Waals surface area contributed by atoms with Crippen LogP contribution in [0.4, 0.5) is 10.5 Å². The lowest BCUT2D eigenvalue weighted by molar-refractivity contribution is -0.122. The van der Waals surface area contributed by atoms with Crippen LogP contribution in [-0.2, 0) is 9.59 Å². The van der Waals surface area contributed by atoms with Crippen LogP contribution in [0.5, 0.6) is 0 Å². The Morgan fingerprint density at radius 1 is 0.900 bits per heavy atom. The zero-order chi connectivity index (χ0) is 21.4. The number of benzene rings is 2. The maximum atomic E-state index is 12.9. The van der Waals surface area contributed by atoms with Gasteiger partial charge in [0, 0.05) is 10.6 Å². The molecular formula is C21H11Cl3N2O4. The summed E-state index contributed by atoms with van der Waals surface area (Å²) in [5, 5.41) is 3.27. The van der Waals surface area contributed by atoms with Crippen molar-refractivity contribution in [2.75, 3.05) is 4.90 Å². The summed E-state index contributed by atoms with van der Waals surface area (Å²) in [4.78, 5) is 38.2. The molecule has 1 N–H and O–H groups in total. The third-order valence-electron chi connectivity index (χ3n) is 4.32. The number of halogens is 3. The monoisotopic (exact) mass is 460 g/mol. The van der Waals surface area contributed by atoms with Gasteiger partial charge < -0.3 is 4.42 Å². The number of anilines is 1. The molecule has 0 atom stereocenters. The number of hydrogen-bond acceptors (Lipinski definition) is 4. The minimum absolute atomic E-state index is 0.227. The number of barbiturate groups is 1. The summed E-state index contributed by atoms with van der Waals surface area (Å²) in [6, 6.07) is 13.5. The predicted molar refractivity (Wildman–Crippen MR) is 115 cm³/mol. The van der Waals surface area contributed by atoms with E-state index in [0.29, 0.717) is 26.4 Å². The standard InChI is InChI=1S/C21H11Cl3N2O4/c22-11-4-6-12(7-5-11)26-20(28)15(19(27)25-21(26)29)10-13-8-9-17(30-13)14-2-1-3-16(23)18(14)24/h1-10H,(H,25,27,29). The molecule has 1 saturated heterocycles. The molecule has 9 heteroatoms. The van der Waals surface area contributed by atoms with E-state index in [4.69, 9.17) is 39.2 Å². The zero-order valence-electron chi connectivity index (χ0n) is 15.0. The van der Waals surface area contributed by atoms with Gasteiger partial charge in [-0.1, -0.05) is 40.9 Å². The van der Waals surface area contributed by atoms with Crippen molar-refractivity contribution in [2.45, 2.75) is 0 Å². The normalized spacial score (nSPS) is 15.6. The first-order valence-electron chi connectivity index (χ1n) is 8.56. The number of carbonyl (C=O) groups excluding carboxylic acids is 3. The van der Waals surface area contributed by atoms with Gasteiger partial charge in [-0.2, -0.15) is 0 Å². The van der Waals surface area contributed by atoms with E-state index in [1.165, 1.54) is 30.3 Å². The van der Waals surface area contributed by atoms with E-state index >= 15 is 0 Å². The summed E-state index contributed by atoms with van der Waals surface area (Å²) in [6.07, 6.45) is 1.26. The van der Waals surface area contributed by atoms with Crippen LogP contribution in [-0.4, -0.2) is 17.8 Å². The van der Waals surface area contributed by atoms with Crippen molar-refractivity contribution >= 4 is 64.4 Å². The van der Waals surface area contributed by atoms with E-state index < -0.39 is 17.8 Å². The number of rotatable bonds is 3. The van der Waals surface area contributed by atoms with E-state index in [1.54, 1.807) is 30.3 Å². The Morgan fingerprint density at radius 3 is 2.37 bits per heavy atom. The number of furan rings is 1. The lowest BCUT2D eigenvalue weighted by atomic mass is 10.1. The van der Waals surface area contributed by atoms with Crippen molar-refractivity contribution in [3.8, 4) is 11.3 Å². The average molecular weight is 462 g/mol. The number of nitrogens with one attached hydrogen (secondary N) is 1. The summed E-state index contributed by atoms with van der Waals surface area (Å²) in [5.74, 6) is -0.979. The number of nitrogens with zero attached hydrogens (tertiary/aromatic N) is 1. The zero-order valence-corrected chi connectivity index (χ0v) is 17.3. The van der Waals surface area contributed by atoms with Crippen molar-refractivity contribution < 1.29 is 18.8 Å². The first kappa shape index (κ1) is 20.2. The van der Waals surface area contributed by atoms with Crippen LogP contribution in [0.1, 0.15) is 5.76 Å². The van der Waals surface area contributed by atoms with Crippen LogP contribution < -0.4 is 10.2 Å². The van der Waals surface area contributed by atoms with Crippen LogP contribution in [0, 0.1) is 0 Å². The van der Waals surface area contributed by atoms with Gasteiger partial charge in [0.15, 0.2) is 0 Å². The highest BCUT2D eigenvalue weighted by molar-refractivity contribution is 6.43. The molecule has 1 aliphatic heterocycles. The van der Waals surface area contributed by atoms with Crippen molar-refractivity contribution in [1.29, 1.82) is 0 Å². The number of imide groups is 2. The summed E-state index contributed by atoms with van der Waals surface area (Å²) < 4.78 is 5.72. The van der Waals surface area contributed by atoms with Crippen LogP contribution >= 0.6 is 34.8 Å². The molecule has 0 bridgehead atoms. The molecule has 1 aromatic heterocycles. The van der Waals surface area contributed by atoms with Crippen LogP contribution in [0.2, 0.25) is 15.1 Å². The molecule has 2 heterocycles. The largest absolute Gasteiger partial charge is 0.457 e. The van der Waals surface area contributed by atoms with Gasteiger partial charge >= 0.3 is 6.03 Å². The minimum Gasteiger partial charge on any atom is -0.457 e. The fourth-order valence-corrected chi connectivity index (χ4v) is 3.41. The second-order valence-electron chi connectivity index (χ2n) is 6.24. The van der Waals surface area contributed by atoms with Gasteiger partial charge in [0.1, 0.15) is 17.1 Å². The Kier molecular flexibility index (Phi) is 5.39. The number of urea groups is 1. The molecule has 6 nitrogen and oxygen atoms in total. The maximum absolute atomic E-state index is 12.9. The summed E-state index contributed by atoms with van der Waals surface area (Å²) in [6.45, 7) is 0. The SMILES string of the molecule is O=C1NC(=O)N(c2ccc(Cl)cc2)C(=O)C1=Cc1ccc(-c2cccc(Cl)c2Cl)o1. The van der Waals surface area contributed by atoms with E-state index in [-0.39, 0.29) is 17.0 Å². The number of carbonyl (C=O) groups is 3. The van der Waals surface area contributed by atoms with Crippen LogP contribution in [0.3, 0.4) is 0 Å². The van der Waals surface area contributed by atoms with Gasteiger partial charge in [-0.15, -0.1) is 0 Å². The molecule has 1 aliphatic rings. The van der Waals surface area contributed by atoms with Crippen molar-refractivity contribution in [3.05, 3.63) is 81.0 Å². The van der Waals surface area contributed by atoms with Gasteiger partial charge in [0.05, 0.1) is 15.7 Å². The molecule has 4 rings (SSSR count). The Morgan fingerprint density at radius 2 is 1.63 bits per heavy atom. The molecule has 3 aromatic rings. The fraction of sp³-hybridized carbons (Fsp3) is 0. The second kappa shape index (κ2) is 7.99. The fourth-order valence-electron chi connectivity index (χ4n) is 2.89. The molecule has 150 valence electrons. The predicted octanol–water partition coefficient (Wildman–Crippen LogP) is 5.57. The first-order chi connectivity index (χ1) is 14.3. The van der Waals surface area contributed by atoms with Gasteiger partial charge in [-0.3, -0.25) is 14.9 Å². The Labute approximate surface area is 185 Å². The van der Waals surface area contributed by atoms with E-state index in [0.717, 1.165) is 4.90 Å². The van der Waals surface area contributed by atoms with Crippen LogP contribution in [0.15, 0.2) is 64.6 Å². The minimum atomic E-state index is -0.852. The smallest absolute Gasteiger partial charge is 0.335 e. The molecule has 4 amide bonds. The van der Waals surface area contributed by atoms with E-state index in [2.05, 4.69) is 5.32 Å². The Balaban J connectivity index is 1.69. The van der Waals surface area contributed by atoms with Gasteiger partial charge in [-0.05, 0) is 54.6 Å². The molecule has 30 heavy (non-hydrogen) atoms. The molecular weight excluding hydrogens is 451 g/mol. The molecule has 0 radical (unpaired) electrons.